The molecule has 0 fully saturated rings. The van der Waals surface area contributed by atoms with Crippen LogP contribution in [0.1, 0.15) is 11.1 Å². The summed E-state index contributed by atoms with van der Waals surface area (Å²) < 4.78 is 15.3. The van der Waals surface area contributed by atoms with Gasteiger partial charge in [0.15, 0.2) is 0 Å². The molecule has 0 aliphatic heterocycles. The summed E-state index contributed by atoms with van der Waals surface area (Å²) in [5, 5.41) is 7.85. The van der Waals surface area contributed by atoms with Gasteiger partial charge in [0.25, 0.3) is 0 Å². The van der Waals surface area contributed by atoms with Gasteiger partial charge in [0, 0.05) is 40.2 Å². The molecule has 1 amide bonds. The number of nitrogens with zero attached hydrogens (tertiary/aromatic N) is 3. The summed E-state index contributed by atoms with van der Waals surface area (Å²) in [6.07, 6.45) is 3.52. The number of hydrogen-bond acceptors (Lipinski definition) is 3. The first kappa shape index (κ1) is 18.9. The molecule has 0 aliphatic carbocycles. The molecule has 0 bridgehead atoms. The van der Waals surface area contributed by atoms with Crippen LogP contribution in [0.5, 0.6) is 0 Å². The van der Waals surface area contributed by atoms with Crippen LogP contribution in [0.3, 0.4) is 0 Å². The molecule has 2 heterocycles. The Balaban J connectivity index is 0.00000225. The molecule has 0 saturated heterocycles. The van der Waals surface area contributed by atoms with E-state index in [0.29, 0.717) is 5.82 Å². The third kappa shape index (κ3) is 3.83. The fourth-order valence-corrected chi connectivity index (χ4v) is 2.80. The van der Waals surface area contributed by atoms with Crippen molar-refractivity contribution in [3.8, 4) is 0 Å². The van der Waals surface area contributed by atoms with Crippen molar-refractivity contribution in [3.05, 3.63) is 58.9 Å². The van der Waals surface area contributed by atoms with Crippen LogP contribution in [0.25, 0.3) is 16.2 Å². The second kappa shape index (κ2) is 7.67. The molecule has 5 nitrogen and oxygen atoms in total. The van der Waals surface area contributed by atoms with Gasteiger partial charge in [-0.2, -0.15) is 0 Å². The van der Waals surface area contributed by atoms with Gasteiger partial charge in [-0.05, 0) is 49.2 Å². The van der Waals surface area contributed by atoms with E-state index in [4.69, 9.17) is 0 Å². The Kier molecular flexibility index (Phi) is 5.81. The molecule has 25 heavy (non-hydrogen) atoms. The maximum atomic E-state index is 13.5. The number of hydrogen-bond donors (Lipinski definition) is 1. The first-order valence-electron chi connectivity index (χ1n) is 7.60. The van der Waals surface area contributed by atoms with E-state index in [9.17, 15) is 9.18 Å². The Morgan fingerprint density at radius 1 is 1.28 bits per heavy atom. The van der Waals surface area contributed by atoms with Gasteiger partial charge in [0.2, 0.25) is 0 Å². The molecule has 7 heteroatoms. The topological polar surface area (TPSA) is 61.0 Å². The summed E-state index contributed by atoms with van der Waals surface area (Å²) in [5.74, 6) is 0.226. The Morgan fingerprint density at radius 2 is 1.96 bits per heavy atom. The number of likely N-dealkylation sites (N-methyl/N-ethyl adjacent to an activating group) is 1. The van der Waals surface area contributed by atoms with Crippen molar-refractivity contribution in [2.75, 3.05) is 12.4 Å². The third-order valence-electron chi connectivity index (χ3n) is 3.99. The molecule has 0 unspecified atom stereocenters. The molecule has 1 radical (unpaired) electrons. The average Bonchev–Trinajstić information content (AvgIpc) is 2.94. The number of carbonyl (C=O) groups is 1. The number of halogens is 1. The number of pyridine rings is 1. The standard InChI is InChI=1S/C18H19FN4O.Co/c1-11-8-13(19)9-12(2)17(11)22-18-14-5-7-23(10-16(24)20-3)15(14)4-6-21-18;/h4-9H,10H2,1-3H3,(H2,20,21,22,24);/p-1. The number of benzene rings is 1. The SMILES string of the molecule is C[N-]C(=O)Cn1ccc2c(Nc3c(C)cc(F)cc3C)nccc21.[Co]. The van der Waals surface area contributed by atoms with Crippen LogP contribution in [0.4, 0.5) is 15.9 Å². The Hall–Kier alpha value is -2.38. The smallest absolute Gasteiger partial charge is 0.139 e. The van der Waals surface area contributed by atoms with E-state index < -0.39 is 0 Å². The molecule has 3 rings (SSSR count). The molecule has 3 aromatic rings. The number of anilines is 2. The van der Waals surface area contributed by atoms with Crippen molar-refractivity contribution < 1.29 is 26.0 Å². The summed E-state index contributed by atoms with van der Waals surface area (Å²) in [6.45, 7) is 3.90. The van der Waals surface area contributed by atoms with Crippen LogP contribution in [0.2, 0.25) is 0 Å². The number of fused-ring (bicyclic) bond motifs is 1. The van der Waals surface area contributed by atoms with Crippen LogP contribution < -0.4 is 5.32 Å². The van der Waals surface area contributed by atoms with Gasteiger partial charge < -0.3 is 20.0 Å². The van der Waals surface area contributed by atoms with Crippen molar-refractivity contribution in [3.63, 3.8) is 0 Å². The molecule has 2 aromatic heterocycles. The first-order valence-corrected chi connectivity index (χ1v) is 7.60. The second-order valence-electron chi connectivity index (χ2n) is 5.69. The summed E-state index contributed by atoms with van der Waals surface area (Å²) in [4.78, 5) is 16.0. The van der Waals surface area contributed by atoms with E-state index in [1.54, 1.807) is 6.20 Å². The van der Waals surface area contributed by atoms with Crippen LogP contribution >= 0.6 is 0 Å². The predicted octanol–water partition coefficient (Wildman–Crippen LogP) is 4.06. The zero-order valence-electron chi connectivity index (χ0n) is 14.1. The van der Waals surface area contributed by atoms with Gasteiger partial charge in [-0.25, -0.2) is 9.37 Å². The molecule has 0 atom stereocenters. The van der Waals surface area contributed by atoms with E-state index in [2.05, 4.69) is 15.6 Å². The maximum Gasteiger partial charge on any atom is 0.139 e. The van der Waals surface area contributed by atoms with Crippen LogP contribution in [0.15, 0.2) is 36.7 Å². The molecular weight excluding hydrogens is 366 g/mol. The zero-order valence-corrected chi connectivity index (χ0v) is 15.2. The summed E-state index contributed by atoms with van der Waals surface area (Å²) >= 11 is 0. The molecule has 1 aromatic carbocycles. The van der Waals surface area contributed by atoms with Gasteiger partial charge in [0.05, 0.1) is 18.0 Å². The molecule has 0 saturated carbocycles. The van der Waals surface area contributed by atoms with Crippen molar-refractivity contribution in [1.82, 2.24) is 9.55 Å². The summed E-state index contributed by atoms with van der Waals surface area (Å²) in [6, 6.07) is 6.74. The quantitative estimate of drug-likeness (QED) is 0.738. The number of amides is 1. The Labute approximate surface area is 155 Å². The summed E-state index contributed by atoms with van der Waals surface area (Å²) in [5.41, 5.74) is 3.35. The van der Waals surface area contributed by atoms with Gasteiger partial charge in [-0.15, -0.1) is 7.05 Å². The van der Waals surface area contributed by atoms with E-state index >= 15 is 0 Å². The van der Waals surface area contributed by atoms with E-state index in [1.165, 1.54) is 19.2 Å². The largest absolute Gasteiger partial charge is 0.654 e. The Bertz CT molecular complexity index is 900. The predicted molar refractivity (Wildman–Crippen MR) is 93.2 cm³/mol. The monoisotopic (exact) mass is 384 g/mol. The fraction of sp³-hybridized carbons (Fsp3) is 0.222. The maximum absolute atomic E-state index is 13.5. The number of aryl methyl sites for hydroxylation is 2. The van der Waals surface area contributed by atoms with E-state index in [1.807, 2.05) is 36.7 Å². The van der Waals surface area contributed by atoms with Gasteiger partial charge >= 0.3 is 0 Å². The van der Waals surface area contributed by atoms with Crippen molar-refractivity contribution in [1.29, 1.82) is 0 Å². The van der Waals surface area contributed by atoms with Crippen LogP contribution in [-0.4, -0.2) is 22.5 Å². The number of carbonyl (C=O) groups excluding carboxylic acids is 1. The van der Waals surface area contributed by atoms with Crippen LogP contribution in [-0.2, 0) is 28.1 Å². The van der Waals surface area contributed by atoms with Crippen molar-refractivity contribution >= 4 is 28.3 Å². The third-order valence-corrected chi connectivity index (χ3v) is 3.99. The number of nitrogens with one attached hydrogen (secondary N) is 1. The second-order valence-corrected chi connectivity index (χ2v) is 5.69. The van der Waals surface area contributed by atoms with Crippen LogP contribution in [0, 0.1) is 19.7 Å². The summed E-state index contributed by atoms with van der Waals surface area (Å²) in [7, 11) is 1.49. The Morgan fingerprint density at radius 3 is 2.60 bits per heavy atom. The van der Waals surface area contributed by atoms with Gasteiger partial charge in [-0.1, -0.05) is 0 Å². The minimum atomic E-state index is -0.255. The molecule has 1 N–H and O–H groups in total. The normalized spacial score (nSPS) is 10.4. The molecular formula is C18H18CoFN4O-. The number of aromatic nitrogens is 2. The van der Waals surface area contributed by atoms with Crippen molar-refractivity contribution in [2.24, 2.45) is 0 Å². The number of rotatable bonds is 4. The zero-order chi connectivity index (χ0) is 17.3. The van der Waals surface area contributed by atoms with Gasteiger partial charge in [-0.3, -0.25) is 0 Å². The van der Waals surface area contributed by atoms with E-state index in [0.717, 1.165) is 27.7 Å². The fourth-order valence-electron chi connectivity index (χ4n) is 2.80. The molecule has 0 aliphatic rings. The average molecular weight is 384 g/mol. The van der Waals surface area contributed by atoms with E-state index in [-0.39, 0.29) is 35.0 Å². The minimum absolute atomic E-state index is 0. The van der Waals surface area contributed by atoms with Crippen molar-refractivity contribution in [2.45, 2.75) is 20.4 Å². The molecule has 0 spiro atoms. The molecule has 133 valence electrons. The van der Waals surface area contributed by atoms with Gasteiger partial charge in [0.1, 0.15) is 11.6 Å². The minimum Gasteiger partial charge on any atom is -0.654 e. The first-order chi connectivity index (χ1) is 11.5.